The molecule has 9 aliphatic rings. The average molecular weight is 489 g/mol. The Kier molecular flexibility index (Phi) is 4.80. The number of hydrogen-bond acceptors (Lipinski definition) is 2. The average Bonchev–Trinajstić information content (AvgIpc) is 3.59. The molecule has 8 bridgehead atoms. The fourth-order valence-corrected chi connectivity index (χ4v) is 11.9. The van der Waals surface area contributed by atoms with Gasteiger partial charge in [0.05, 0.1) is 6.61 Å². The number of aryl methyl sites for hydroxylation is 1. The first-order valence-corrected chi connectivity index (χ1v) is 15.6. The van der Waals surface area contributed by atoms with Gasteiger partial charge in [-0.15, -0.1) is 0 Å². The lowest BCUT2D eigenvalue weighted by Gasteiger charge is -2.59. The maximum absolute atomic E-state index is 7.04. The van der Waals surface area contributed by atoms with Gasteiger partial charge in [-0.2, -0.15) is 0 Å². The van der Waals surface area contributed by atoms with Crippen molar-refractivity contribution in [2.75, 3.05) is 13.2 Å². The topological polar surface area (TPSA) is 21.8 Å². The van der Waals surface area contributed by atoms with Crippen molar-refractivity contribution in [3.05, 3.63) is 28.3 Å². The number of benzene rings is 1. The predicted octanol–water partition coefficient (Wildman–Crippen LogP) is 8.01. The molecule has 1 atom stereocenters. The molecule has 1 unspecified atom stereocenters. The summed E-state index contributed by atoms with van der Waals surface area (Å²) < 4.78 is 12.7. The van der Waals surface area contributed by atoms with Gasteiger partial charge in [0.2, 0.25) is 0 Å². The van der Waals surface area contributed by atoms with Gasteiger partial charge in [0.1, 0.15) is 18.5 Å². The second-order valence-electron chi connectivity index (χ2n) is 16.2. The predicted molar refractivity (Wildman–Crippen MR) is 145 cm³/mol. The van der Waals surface area contributed by atoms with Crippen LogP contribution in [-0.4, -0.2) is 19.3 Å². The van der Waals surface area contributed by atoms with Gasteiger partial charge < -0.3 is 9.47 Å². The number of ether oxygens (including phenoxy) is 2. The molecule has 0 aromatic heterocycles. The lowest BCUT2D eigenvalue weighted by atomic mass is 9.45. The number of rotatable bonds is 5. The Labute approximate surface area is 219 Å². The highest BCUT2D eigenvalue weighted by Gasteiger charge is 2.56. The lowest BCUT2D eigenvalue weighted by Crippen LogP contribution is -2.50. The van der Waals surface area contributed by atoms with E-state index in [1.807, 2.05) is 0 Å². The summed E-state index contributed by atoms with van der Waals surface area (Å²) in [5.74, 6) is 7.10. The summed E-state index contributed by atoms with van der Waals surface area (Å²) in [5.41, 5.74) is 7.43. The Balaban J connectivity index is 1.33. The van der Waals surface area contributed by atoms with E-state index in [0.29, 0.717) is 16.9 Å². The van der Waals surface area contributed by atoms with Gasteiger partial charge in [0, 0.05) is 11.1 Å². The van der Waals surface area contributed by atoms with E-state index >= 15 is 0 Å². The highest BCUT2D eigenvalue weighted by molar-refractivity contribution is 5.59. The number of hydrogen-bond donors (Lipinski definition) is 0. The molecule has 1 heterocycles. The zero-order chi connectivity index (χ0) is 24.4. The van der Waals surface area contributed by atoms with Crippen LogP contribution in [0.1, 0.15) is 120 Å². The normalized spacial score (nSPS) is 45.9. The summed E-state index contributed by atoms with van der Waals surface area (Å²) in [6.07, 6.45) is 17.9. The Hall–Kier alpha value is -1.02. The van der Waals surface area contributed by atoms with E-state index in [0.717, 1.165) is 48.7 Å². The van der Waals surface area contributed by atoms with E-state index in [1.54, 1.807) is 22.3 Å². The minimum Gasteiger partial charge on any atom is -0.490 e. The second-order valence-corrected chi connectivity index (χ2v) is 16.2. The summed E-state index contributed by atoms with van der Waals surface area (Å²) in [6.45, 7) is 11.6. The molecule has 1 saturated heterocycles. The van der Waals surface area contributed by atoms with E-state index in [9.17, 15) is 0 Å². The van der Waals surface area contributed by atoms with E-state index in [-0.39, 0.29) is 5.41 Å². The van der Waals surface area contributed by atoms with E-state index in [2.05, 4.69) is 33.8 Å². The first-order valence-electron chi connectivity index (χ1n) is 15.6. The highest BCUT2D eigenvalue weighted by Crippen LogP contribution is 2.66. The van der Waals surface area contributed by atoms with Crippen molar-refractivity contribution in [3.8, 4) is 5.75 Å². The molecule has 196 valence electrons. The third-order valence-electron chi connectivity index (χ3n) is 12.2. The third-order valence-corrected chi connectivity index (χ3v) is 12.2. The summed E-state index contributed by atoms with van der Waals surface area (Å²) in [4.78, 5) is 0. The fourth-order valence-electron chi connectivity index (χ4n) is 11.9. The van der Waals surface area contributed by atoms with Gasteiger partial charge in [0.25, 0.3) is 0 Å². The van der Waals surface area contributed by atoms with Gasteiger partial charge in [-0.25, -0.2) is 0 Å². The Morgan fingerprint density at radius 1 is 0.778 bits per heavy atom. The van der Waals surface area contributed by atoms with Crippen LogP contribution in [0.5, 0.6) is 5.75 Å². The van der Waals surface area contributed by atoms with E-state index in [1.165, 1.54) is 82.8 Å². The Morgan fingerprint density at radius 2 is 1.22 bits per heavy atom. The van der Waals surface area contributed by atoms with Crippen LogP contribution < -0.4 is 4.74 Å². The summed E-state index contributed by atoms with van der Waals surface area (Å²) in [7, 11) is 0. The van der Waals surface area contributed by atoms with Crippen molar-refractivity contribution in [1.29, 1.82) is 0 Å². The fraction of sp³-hybridized carbons (Fsp3) is 0.824. The van der Waals surface area contributed by atoms with Crippen molar-refractivity contribution in [2.45, 2.75) is 127 Å². The molecule has 36 heavy (non-hydrogen) atoms. The molecule has 1 aliphatic heterocycles. The van der Waals surface area contributed by atoms with Gasteiger partial charge in [0.15, 0.2) is 0 Å². The quantitative estimate of drug-likeness (QED) is 0.392. The summed E-state index contributed by atoms with van der Waals surface area (Å²) in [6, 6.07) is 2.71. The minimum atomic E-state index is 0.0848. The molecule has 0 radical (unpaired) electrons. The first kappa shape index (κ1) is 22.9. The van der Waals surface area contributed by atoms with E-state index < -0.39 is 0 Å². The molecular formula is C34H48O2. The van der Waals surface area contributed by atoms with Crippen LogP contribution in [0.15, 0.2) is 6.07 Å². The molecule has 8 aliphatic carbocycles. The lowest BCUT2D eigenvalue weighted by molar-refractivity contribution is -0.00891. The van der Waals surface area contributed by atoms with Crippen LogP contribution in [0.2, 0.25) is 0 Å². The minimum absolute atomic E-state index is 0.0848. The highest BCUT2D eigenvalue weighted by atomic mass is 16.6. The maximum Gasteiger partial charge on any atom is 0.127 e. The van der Waals surface area contributed by atoms with Crippen LogP contribution in [0.25, 0.3) is 0 Å². The van der Waals surface area contributed by atoms with Crippen molar-refractivity contribution >= 4 is 0 Å². The molecule has 8 saturated carbocycles. The first-order chi connectivity index (χ1) is 17.2. The number of epoxide rings is 1. The molecule has 2 heteroatoms. The molecule has 9 fully saturated rings. The summed E-state index contributed by atoms with van der Waals surface area (Å²) in [5, 5.41) is 0. The SMILES string of the molecule is Cc1cc(C23CC4CC(CC(C4)C2)C3)c(OCC2CO2)c(C(C)(C)C)c1C12CC3CC(CC(C3)C1)C2. The monoisotopic (exact) mass is 488 g/mol. The van der Waals surface area contributed by atoms with Gasteiger partial charge in [-0.1, -0.05) is 26.8 Å². The van der Waals surface area contributed by atoms with Crippen LogP contribution in [-0.2, 0) is 21.0 Å². The molecular weight excluding hydrogens is 440 g/mol. The van der Waals surface area contributed by atoms with Gasteiger partial charge in [-0.3, -0.25) is 0 Å². The molecule has 10 rings (SSSR count). The molecule has 0 N–H and O–H groups in total. The molecule has 0 amide bonds. The van der Waals surface area contributed by atoms with Crippen LogP contribution in [0, 0.1) is 42.4 Å². The standard InChI is InChI=1S/C34H48O2/c1-20-5-28(33-12-21-6-22(13-33)8-23(7-21)14-33)31(36-19-27-18-35-27)30(32(2,3)4)29(20)34-15-24-9-25(16-34)11-26(10-24)17-34/h5,21-27H,6-19H2,1-4H3. The molecule has 1 aromatic rings. The summed E-state index contributed by atoms with van der Waals surface area (Å²) >= 11 is 0. The maximum atomic E-state index is 7.04. The smallest absolute Gasteiger partial charge is 0.127 e. The van der Waals surface area contributed by atoms with Gasteiger partial charge in [-0.05, 0) is 147 Å². The zero-order valence-electron chi connectivity index (χ0n) is 23.3. The largest absolute Gasteiger partial charge is 0.490 e. The Bertz CT molecular complexity index is 999. The second kappa shape index (κ2) is 7.55. The van der Waals surface area contributed by atoms with E-state index in [4.69, 9.17) is 9.47 Å². The van der Waals surface area contributed by atoms with Gasteiger partial charge >= 0.3 is 0 Å². The van der Waals surface area contributed by atoms with Crippen molar-refractivity contribution in [3.63, 3.8) is 0 Å². The Morgan fingerprint density at radius 3 is 1.64 bits per heavy atom. The van der Waals surface area contributed by atoms with Crippen LogP contribution in [0.3, 0.4) is 0 Å². The van der Waals surface area contributed by atoms with Crippen molar-refractivity contribution in [1.82, 2.24) is 0 Å². The van der Waals surface area contributed by atoms with Crippen LogP contribution in [0.4, 0.5) is 0 Å². The van der Waals surface area contributed by atoms with Crippen molar-refractivity contribution < 1.29 is 9.47 Å². The molecule has 2 nitrogen and oxygen atoms in total. The third kappa shape index (κ3) is 3.44. The van der Waals surface area contributed by atoms with Crippen molar-refractivity contribution in [2.24, 2.45) is 35.5 Å². The van der Waals surface area contributed by atoms with Crippen LogP contribution >= 0.6 is 0 Å². The molecule has 0 spiro atoms. The molecule has 1 aromatic carbocycles. The zero-order valence-corrected chi connectivity index (χ0v) is 23.3.